The summed E-state index contributed by atoms with van der Waals surface area (Å²) in [7, 11) is 0. The highest BCUT2D eigenvalue weighted by atomic mass is 16.1. The SMILES string of the molecule is N#CC1=CC(=O)NC1=C(C#N)C#N. The van der Waals surface area contributed by atoms with Crippen LogP contribution in [0.3, 0.4) is 0 Å². The normalized spacial score (nSPS) is 13.5. The first kappa shape index (κ1) is 8.52. The van der Waals surface area contributed by atoms with Crippen LogP contribution in [-0.4, -0.2) is 5.91 Å². The maximum atomic E-state index is 10.8. The molecule has 1 heterocycles. The number of hydrogen-bond acceptors (Lipinski definition) is 4. The van der Waals surface area contributed by atoms with Crippen molar-refractivity contribution in [3.63, 3.8) is 0 Å². The Morgan fingerprint density at radius 1 is 1.31 bits per heavy atom. The lowest BCUT2D eigenvalue weighted by Crippen LogP contribution is -2.15. The topological polar surface area (TPSA) is 100 Å². The molecular formula is C8H2N4O. The first-order valence-corrected chi connectivity index (χ1v) is 3.20. The molecule has 1 aliphatic heterocycles. The first-order chi connectivity index (χ1) is 6.22. The van der Waals surface area contributed by atoms with Gasteiger partial charge in [-0.3, -0.25) is 4.79 Å². The molecule has 0 spiro atoms. The number of rotatable bonds is 0. The van der Waals surface area contributed by atoms with Crippen LogP contribution in [0.25, 0.3) is 0 Å². The van der Waals surface area contributed by atoms with Gasteiger partial charge in [0.1, 0.15) is 18.2 Å². The van der Waals surface area contributed by atoms with Crippen molar-refractivity contribution in [2.75, 3.05) is 0 Å². The van der Waals surface area contributed by atoms with E-state index in [2.05, 4.69) is 5.32 Å². The Hall–Kier alpha value is -2.58. The summed E-state index contributed by atoms with van der Waals surface area (Å²) in [5.74, 6) is -0.491. The minimum Gasteiger partial charge on any atom is -0.320 e. The maximum Gasteiger partial charge on any atom is 0.249 e. The van der Waals surface area contributed by atoms with Crippen LogP contribution in [0.5, 0.6) is 0 Å². The number of amides is 1. The van der Waals surface area contributed by atoms with Crippen LogP contribution in [-0.2, 0) is 4.79 Å². The molecule has 1 amide bonds. The zero-order valence-corrected chi connectivity index (χ0v) is 6.33. The molecule has 0 saturated heterocycles. The third kappa shape index (κ3) is 1.38. The van der Waals surface area contributed by atoms with Crippen molar-refractivity contribution in [3.05, 3.63) is 22.9 Å². The van der Waals surface area contributed by atoms with E-state index < -0.39 is 5.91 Å². The second-order valence-electron chi connectivity index (χ2n) is 2.13. The molecule has 0 aliphatic carbocycles. The van der Waals surface area contributed by atoms with Gasteiger partial charge in [0, 0.05) is 6.08 Å². The van der Waals surface area contributed by atoms with E-state index in [0.29, 0.717) is 0 Å². The van der Waals surface area contributed by atoms with Crippen LogP contribution >= 0.6 is 0 Å². The zero-order chi connectivity index (χ0) is 9.84. The van der Waals surface area contributed by atoms with Gasteiger partial charge in [-0.1, -0.05) is 0 Å². The highest BCUT2D eigenvalue weighted by Gasteiger charge is 2.20. The molecular weight excluding hydrogens is 168 g/mol. The summed E-state index contributed by atoms with van der Waals surface area (Å²) >= 11 is 0. The molecule has 0 unspecified atom stereocenters. The lowest BCUT2D eigenvalue weighted by molar-refractivity contribution is -0.115. The number of hydrogen-bond donors (Lipinski definition) is 1. The van der Waals surface area contributed by atoms with Crippen molar-refractivity contribution in [1.29, 1.82) is 15.8 Å². The molecule has 0 bridgehead atoms. The van der Waals surface area contributed by atoms with Gasteiger partial charge in [0.15, 0.2) is 5.57 Å². The Morgan fingerprint density at radius 3 is 2.38 bits per heavy atom. The second-order valence-corrected chi connectivity index (χ2v) is 2.13. The van der Waals surface area contributed by atoms with Crippen LogP contribution in [0.4, 0.5) is 0 Å². The van der Waals surface area contributed by atoms with Crippen LogP contribution < -0.4 is 5.32 Å². The Kier molecular flexibility index (Phi) is 2.10. The van der Waals surface area contributed by atoms with Crippen molar-refractivity contribution in [1.82, 2.24) is 5.32 Å². The van der Waals surface area contributed by atoms with Gasteiger partial charge in [0.2, 0.25) is 5.91 Å². The largest absolute Gasteiger partial charge is 0.320 e. The molecule has 0 atom stereocenters. The van der Waals surface area contributed by atoms with Crippen molar-refractivity contribution in [3.8, 4) is 18.2 Å². The summed E-state index contributed by atoms with van der Waals surface area (Å²) in [6.45, 7) is 0. The molecule has 5 nitrogen and oxygen atoms in total. The van der Waals surface area contributed by atoms with Crippen molar-refractivity contribution in [2.24, 2.45) is 0 Å². The van der Waals surface area contributed by atoms with Crippen molar-refractivity contribution >= 4 is 5.91 Å². The fourth-order valence-electron chi connectivity index (χ4n) is 0.852. The van der Waals surface area contributed by atoms with E-state index in [1.807, 2.05) is 0 Å². The molecule has 0 saturated carbocycles. The van der Waals surface area contributed by atoms with E-state index in [1.165, 1.54) is 0 Å². The van der Waals surface area contributed by atoms with E-state index in [9.17, 15) is 4.79 Å². The Balaban J connectivity index is 3.29. The van der Waals surface area contributed by atoms with Gasteiger partial charge in [-0.05, 0) is 0 Å². The van der Waals surface area contributed by atoms with Crippen LogP contribution in [0.15, 0.2) is 22.9 Å². The summed E-state index contributed by atoms with van der Waals surface area (Å²) in [6.07, 6.45) is 1.05. The quantitative estimate of drug-likeness (QED) is 0.511. The smallest absolute Gasteiger partial charge is 0.249 e. The van der Waals surface area contributed by atoms with Gasteiger partial charge in [-0.15, -0.1) is 0 Å². The number of allylic oxidation sites excluding steroid dienone is 2. The Bertz CT molecular complexity index is 434. The summed E-state index contributed by atoms with van der Waals surface area (Å²) < 4.78 is 0. The predicted molar refractivity (Wildman–Crippen MR) is 40.1 cm³/mol. The molecule has 0 radical (unpaired) electrons. The number of nitrogens with zero attached hydrogens (tertiary/aromatic N) is 3. The lowest BCUT2D eigenvalue weighted by Gasteiger charge is -1.95. The first-order valence-electron chi connectivity index (χ1n) is 3.20. The summed E-state index contributed by atoms with van der Waals surface area (Å²) in [5.41, 5.74) is -0.251. The molecule has 1 N–H and O–H groups in total. The fourth-order valence-corrected chi connectivity index (χ4v) is 0.852. The highest BCUT2D eigenvalue weighted by molar-refractivity contribution is 5.96. The molecule has 0 aromatic rings. The average molecular weight is 170 g/mol. The zero-order valence-electron chi connectivity index (χ0n) is 6.33. The predicted octanol–water partition coefficient (Wildman–Crippen LogP) is -0.133. The number of nitriles is 3. The Morgan fingerprint density at radius 2 is 1.92 bits per heavy atom. The van der Waals surface area contributed by atoms with E-state index in [1.54, 1.807) is 18.2 Å². The molecule has 13 heavy (non-hydrogen) atoms. The van der Waals surface area contributed by atoms with Gasteiger partial charge >= 0.3 is 0 Å². The molecule has 1 rings (SSSR count). The van der Waals surface area contributed by atoms with Crippen LogP contribution in [0.2, 0.25) is 0 Å². The molecule has 0 fully saturated rings. The highest BCUT2D eigenvalue weighted by Crippen LogP contribution is 2.15. The van der Waals surface area contributed by atoms with Crippen LogP contribution in [0, 0.1) is 34.0 Å². The molecule has 1 aliphatic rings. The molecule has 0 aromatic heterocycles. The third-order valence-electron chi connectivity index (χ3n) is 1.39. The molecule has 5 heteroatoms. The number of nitrogens with one attached hydrogen (secondary N) is 1. The standard InChI is InChI=1S/C8H2N4O/c9-2-5-1-7(13)12-8(5)6(3-10)4-11/h1H,(H,12,13). The third-order valence-corrected chi connectivity index (χ3v) is 1.39. The van der Waals surface area contributed by atoms with Gasteiger partial charge in [0.25, 0.3) is 0 Å². The van der Waals surface area contributed by atoms with Gasteiger partial charge < -0.3 is 5.32 Å². The number of carbonyl (C=O) groups excluding carboxylic acids is 1. The molecule has 0 aromatic carbocycles. The van der Waals surface area contributed by atoms with Gasteiger partial charge in [0.05, 0.1) is 11.3 Å². The Labute approximate surface area is 73.8 Å². The minimum atomic E-state index is -0.491. The van der Waals surface area contributed by atoms with Crippen LogP contribution in [0.1, 0.15) is 0 Å². The summed E-state index contributed by atoms with van der Waals surface area (Å²) in [6, 6.07) is 4.89. The van der Waals surface area contributed by atoms with E-state index in [-0.39, 0.29) is 16.8 Å². The molecule has 60 valence electrons. The van der Waals surface area contributed by atoms with Gasteiger partial charge in [-0.25, -0.2) is 0 Å². The van der Waals surface area contributed by atoms with E-state index >= 15 is 0 Å². The minimum absolute atomic E-state index is 0.00231. The second kappa shape index (κ2) is 3.21. The monoisotopic (exact) mass is 170 g/mol. The summed E-state index contributed by atoms with van der Waals surface area (Å²) in [5, 5.41) is 27.7. The van der Waals surface area contributed by atoms with Gasteiger partial charge in [-0.2, -0.15) is 15.8 Å². The van der Waals surface area contributed by atoms with Crippen molar-refractivity contribution < 1.29 is 4.79 Å². The van der Waals surface area contributed by atoms with Crippen molar-refractivity contribution in [2.45, 2.75) is 0 Å². The number of carbonyl (C=O) groups is 1. The van der Waals surface area contributed by atoms with E-state index in [0.717, 1.165) is 6.08 Å². The summed E-state index contributed by atoms with van der Waals surface area (Å²) in [4.78, 5) is 10.8. The fraction of sp³-hybridized carbons (Fsp3) is 0. The maximum absolute atomic E-state index is 10.8. The lowest BCUT2D eigenvalue weighted by atomic mass is 10.1. The average Bonchev–Trinajstić information content (AvgIpc) is 2.49. The van der Waals surface area contributed by atoms with E-state index in [4.69, 9.17) is 15.8 Å².